The number of aliphatic hydroxyl groups excluding tert-OH is 1. The zero-order valence-corrected chi connectivity index (χ0v) is 9.31. The molecule has 2 N–H and O–H groups in total. The summed E-state index contributed by atoms with van der Waals surface area (Å²) in [7, 11) is -3.67. The molecule has 0 aromatic carbocycles. The fourth-order valence-corrected chi connectivity index (χ4v) is 0.749. The normalized spacial score (nSPS) is 10.5. The molecule has 4 nitrogen and oxygen atoms in total. The first-order valence-electron chi connectivity index (χ1n) is 4.01. The molecule has 6 heteroatoms. The summed E-state index contributed by atoms with van der Waals surface area (Å²) in [4.78, 5) is 0. The smallest absolute Gasteiger partial charge is 0.261 e. The van der Waals surface area contributed by atoms with Crippen LogP contribution in [0.1, 0.15) is 25.7 Å². The zero-order chi connectivity index (χ0) is 10.7. The number of hydrogen-bond donors (Lipinski definition) is 2. The molecule has 13 heavy (non-hydrogen) atoms. The molecule has 0 aliphatic heterocycles. The van der Waals surface area contributed by atoms with Crippen molar-refractivity contribution in [1.82, 2.24) is 0 Å². The van der Waals surface area contributed by atoms with E-state index < -0.39 is 10.1 Å². The quantitative estimate of drug-likeness (QED) is 0.426. The van der Waals surface area contributed by atoms with Crippen LogP contribution >= 0.6 is 11.6 Å². The molecule has 0 bridgehead atoms. The van der Waals surface area contributed by atoms with Crippen LogP contribution < -0.4 is 0 Å². The number of hydrogen-bond acceptors (Lipinski definition) is 3. The second-order valence-electron chi connectivity index (χ2n) is 2.56. The van der Waals surface area contributed by atoms with E-state index in [0.717, 1.165) is 31.6 Å². The van der Waals surface area contributed by atoms with Crippen molar-refractivity contribution in [3.8, 4) is 0 Å². The molecular weight excluding hydrogens is 216 g/mol. The molecule has 0 unspecified atom stereocenters. The molecule has 0 rings (SSSR count). The molecule has 0 fully saturated rings. The van der Waals surface area contributed by atoms with Gasteiger partial charge in [-0.15, -0.1) is 11.6 Å². The SMILES string of the molecule is CS(=O)(=O)O.OCCCCCCCl. The van der Waals surface area contributed by atoms with Gasteiger partial charge in [0.2, 0.25) is 0 Å². The third kappa shape index (κ3) is 47.1. The number of aliphatic hydroxyl groups is 1. The first kappa shape index (κ1) is 15.6. The number of unbranched alkanes of at least 4 members (excludes halogenated alkanes) is 3. The van der Waals surface area contributed by atoms with Gasteiger partial charge in [-0.25, -0.2) is 0 Å². The molecule has 0 saturated heterocycles. The van der Waals surface area contributed by atoms with Crippen LogP contribution in [0, 0.1) is 0 Å². The van der Waals surface area contributed by atoms with Gasteiger partial charge in [-0.3, -0.25) is 4.55 Å². The van der Waals surface area contributed by atoms with Gasteiger partial charge in [-0.2, -0.15) is 8.42 Å². The third-order valence-corrected chi connectivity index (χ3v) is 1.31. The van der Waals surface area contributed by atoms with E-state index in [4.69, 9.17) is 21.3 Å². The van der Waals surface area contributed by atoms with Crippen LogP contribution in [0.25, 0.3) is 0 Å². The predicted octanol–water partition coefficient (Wildman–Crippen LogP) is 1.28. The van der Waals surface area contributed by atoms with Gasteiger partial charge < -0.3 is 5.11 Å². The molecule has 0 atom stereocenters. The average Bonchev–Trinajstić information content (AvgIpc) is 1.95. The van der Waals surface area contributed by atoms with Crippen molar-refractivity contribution in [2.75, 3.05) is 18.7 Å². The first-order valence-corrected chi connectivity index (χ1v) is 6.39. The van der Waals surface area contributed by atoms with Crippen LogP contribution in [0.5, 0.6) is 0 Å². The summed E-state index contributed by atoms with van der Waals surface area (Å²) >= 11 is 5.42. The Hall–Kier alpha value is 0.160. The number of rotatable bonds is 5. The van der Waals surface area contributed by atoms with E-state index in [1.807, 2.05) is 0 Å². The summed E-state index contributed by atoms with van der Waals surface area (Å²) in [5, 5.41) is 8.33. The lowest BCUT2D eigenvalue weighted by Crippen LogP contribution is -1.88. The molecule has 0 saturated carbocycles. The summed E-state index contributed by atoms with van der Waals surface area (Å²) < 4.78 is 25.9. The minimum atomic E-state index is -3.67. The molecule has 82 valence electrons. The van der Waals surface area contributed by atoms with Crippen LogP contribution in [0.4, 0.5) is 0 Å². The summed E-state index contributed by atoms with van der Waals surface area (Å²) in [5.74, 6) is 0.755. The summed E-state index contributed by atoms with van der Waals surface area (Å²) in [6.45, 7) is 0.322. The number of halogens is 1. The van der Waals surface area contributed by atoms with E-state index in [9.17, 15) is 8.42 Å². The van der Waals surface area contributed by atoms with E-state index in [2.05, 4.69) is 0 Å². The van der Waals surface area contributed by atoms with Gasteiger partial charge in [0, 0.05) is 12.5 Å². The summed E-state index contributed by atoms with van der Waals surface area (Å²) in [6, 6.07) is 0. The van der Waals surface area contributed by atoms with Crippen LogP contribution in [-0.2, 0) is 10.1 Å². The fourth-order valence-electron chi connectivity index (χ4n) is 0.560. The van der Waals surface area contributed by atoms with E-state index in [1.54, 1.807) is 0 Å². The second kappa shape index (κ2) is 10.2. The van der Waals surface area contributed by atoms with E-state index in [-0.39, 0.29) is 0 Å². The lowest BCUT2D eigenvalue weighted by molar-refractivity contribution is 0.283. The summed E-state index contributed by atoms with van der Waals surface area (Å²) in [6.07, 6.45) is 5.00. The van der Waals surface area contributed by atoms with E-state index in [0.29, 0.717) is 12.9 Å². The Morgan fingerprint density at radius 3 is 1.85 bits per heavy atom. The van der Waals surface area contributed by atoms with Crippen molar-refractivity contribution in [1.29, 1.82) is 0 Å². The van der Waals surface area contributed by atoms with Gasteiger partial charge in [-0.05, 0) is 12.8 Å². The lowest BCUT2D eigenvalue weighted by Gasteiger charge is -1.92. The van der Waals surface area contributed by atoms with Gasteiger partial charge in [0.25, 0.3) is 10.1 Å². The maximum atomic E-state index is 9.19. The van der Waals surface area contributed by atoms with Crippen LogP contribution in [-0.4, -0.2) is 36.8 Å². The highest BCUT2D eigenvalue weighted by Gasteiger charge is 1.84. The third-order valence-electron chi connectivity index (χ3n) is 1.04. The largest absolute Gasteiger partial charge is 0.396 e. The van der Waals surface area contributed by atoms with Crippen molar-refractivity contribution in [3.63, 3.8) is 0 Å². The average molecular weight is 233 g/mol. The highest BCUT2D eigenvalue weighted by atomic mass is 35.5. The minimum Gasteiger partial charge on any atom is -0.396 e. The van der Waals surface area contributed by atoms with Gasteiger partial charge in [0.15, 0.2) is 0 Å². The fraction of sp³-hybridized carbons (Fsp3) is 1.00. The van der Waals surface area contributed by atoms with Gasteiger partial charge >= 0.3 is 0 Å². The maximum Gasteiger partial charge on any atom is 0.261 e. The molecule has 0 aliphatic carbocycles. The first-order chi connectivity index (χ1) is 5.91. The van der Waals surface area contributed by atoms with Crippen LogP contribution in [0.2, 0.25) is 0 Å². The van der Waals surface area contributed by atoms with Crippen molar-refractivity contribution >= 4 is 21.7 Å². The van der Waals surface area contributed by atoms with Crippen LogP contribution in [0.3, 0.4) is 0 Å². The van der Waals surface area contributed by atoms with Crippen LogP contribution in [0.15, 0.2) is 0 Å². The van der Waals surface area contributed by atoms with Gasteiger partial charge in [0.1, 0.15) is 0 Å². The molecule has 0 aromatic rings. The molecule has 0 heterocycles. The Balaban J connectivity index is 0. The topological polar surface area (TPSA) is 74.6 Å². The minimum absolute atomic E-state index is 0.322. The Bertz CT molecular complexity index is 165. The van der Waals surface area contributed by atoms with Crippen molar-refractivity contribution in [3.05, 3.63) is 0 Å². The molecule has 0 spiro atoms. The van der Waals surface area contributed by atoms with E-state index >= 15 is 0 Å². The summed E-state index contributed by atoms with van der Waals surface area (Å²) in [5.41, 5.74) is 0. The van der Waals surface area contributed by atoms with Gasteiger partial charge in [-0.1, -0.05) is 12.8 Å². The Morgan fingerprint density at radius 1 is 1.15 bits per heavy atom. The van der Waals surface area contributed by atoms with E-state index in [1.165, 1.54) is 0 Å². The second-order valence-corrected chi connectivity index (χ2v) is 4.40. The lowest BCUT2D eigenvalue weighted by atomic mass is 10.2. The highest BCUT2D eigenvalue weighted by Crippen LogP contribution is 1.99. The van der Waals surface area contributed by atoms with Crippen molar-refractivity contribution in [2.45, 2.75) is 25.7 Å². The standard InChI is InChI=1S/C6H13ClO.CH4O3S/c7-5-3-1-2-4-6-8;1-5(2,3)4/h8H,1-6H2;1H3,(H,2,3,4). The van der Waals surface area contributed by atoms with Crippen molar-refractivity contribution in [2.24, 2.45) is 0 Å². The highest BCUT2D eigenvalue weighted by molar-refractivity contribution is 7.85. The van der Waals surface area contributed by atoms with Crippen molar-refractivity contribution < 1.29 is 18.1 Å². The Kier molecular flexibility index (Phi) is 12.3. The Morgan fingerprint density at radius 2 is 1.54 bits per heavy atom. The zero-order valence-electron chi connectivity index (χ0n) is 7.74. The molecular formula is C7H17ClO4S. The molecule has 0 amide bonds. The molecule has 0 radical (unpaired) electrons. The maximum absolute atomic E-state index is 9.19. The predicted molar refractivity (Wildman–Crippen MR) is 53.7 cm³/mol. The molecule has 0 aliphatic rings. The monoisotopic (exact) mass is 232 g/mol. The van der Waals surface area contributed by atoms with Gasteiger partial charge in [0.05, 0.1) is 6.26 Å². The Labute approximate surface area is 84.7 Å². The number of alkyl halides is 1. The molecule has 0 aromatic heterocycles.